The minimum atomic E-state index is -0.486. The van der Waals surface area contributed by atoms with Crippen molar-refractivity contribution >= 4 is 12.0 Å². The maximum atomic E-state index is 11.9. The Morgan fingerprint density at radius 2 is 1.86 bits per heavy atom. The molecule has 0 bridgehead atoms. The number of carbonyl (C=O) groups excluding carboxylic acids is 2. The van der Waals surface area contributed by atoms with Crippen molar-refractivity contribution in [1.29, 1.82) is 0 Å². The van der Waals surface area contributed by atoms with Gasteiger partial charge in [0.05, 0.1) is 13.0 Å². The molecule has 0 spiro atoms. The molecule has 2 amide bonds. The predicted octanol–water partition coefficient (Wildman–Crippen LogP) is 1.93. The van der Waals surface area contributed by atoms with Crippen LogP contribution in [-0.2, 0) is 14.3 Å². The summed E-state index contributed by atoms with van der Waals surface area (Å²) in [4.78, 5) is 25.4. The molecule has 1 rings (SSSR count). The van der Waals surface area contributed by atoms with Gasteiger partial charge in [-0.15, -0.1) is 0 Å². The van der Waals surface area contributed by atoms with E-state index in [4.69, 9.17) is 9.47 Å². The number of alkyl carbamates (subject to hydrolysis) is 1. The van der Waals surface area contributed by atoms with Gasteiger partial charge in [-0.25, -0.2) is 4.79 Å². The lowest BCUT2D eigenvalue weighted by molar-refractivity contribution is -0.133. The van der Waals surface area contributed by atoms with Gasteiger partial charge in [-0.2, -0.15) is 0 Å². The van der Waals surface area contributed by atoms with E-state index in [9.17, 15) is 9.59 Å². The summed E-state index contributed by atoms with van der Waals surface area (Å²) in [6.07, 6.45) is 1.57. The number of amides is 2. The van der Waals surface area contributed by atoms with Crippen LogP contribution in [0.5, 0.6) is 0 Å². The highest BCUT2D eigenvalue weighted by Crippen LogP contribution is 2.13. The van der Waals surface area contributed by atoms with Crippen molar-refractivity contribution < 1.29 is 19.1 Å². The van der Waals surface area contributed by atoms with E-state index in [-0.39, 0.29) is 18.0 Å². The fourth-order valence-electron chi connectivity index (χ4n) is 2.21. The van der Waals surface area contributed by atoms with Crippen LogP contribution in [0.1, 0.15) is 47.0 Å². The topological polar surface area (TPSA) is 67.9 Å². The number of ether oxygens (including phenoxy) is 2. The Balaban J connectivity index is 2.25. The van der Waals surface area contributed by atoms with Crippen LogP contribution in [0.15, 0.2) is 0 Å². The highest BCUT2D eigenvalue weighted by molar-refractivity contribution is 5.76. The maximum absolute atomic E-state index is 11.9. The number of rotatable bonds is 5. The average Bonchev–Trinajstić information content (AvgIpc) is 2.37. The zero-order chi connectivity index (χ0) is 15.9. The highest BCUT2D eigenvalue weighted by atomic mass is 16.6. The van der Waals surface area contributed by atoms with Gasteiger partial charge in [-0.3, -0.25) is 4.79 Å². The number of hydrogen-bond acceptors (Lipinski definition) is 4. The van der Waals surface area contributed by atoms with Crippen LogP contribution < -0.4 is 5.32 Å². The molecule has 0 atom stereocenters. The summed E-state index contributed by atoms with van der Waals surface area (Å²) in [5.41, 5.74) is -0.486. The van der Waals surface area contributed by atoms with Crippen molar-refractivity contribution in [3.63, 3.8) is 0 Å². The molecular weight excluding hydrogens is 272 g/mol. The van der Waals surface area contributed by atoms with Crippen LogP contribution in [-0.4, -0.2) is 54.8 Å². The van der Waals surface area contributed by atoms with Crippen molar-refractivity contribution in [3.05, 3.63) is 0 Å². The lowest BCUT2D eigenvalue weighted by Gasteiger charge is -2.33. The van der Waals surface area contributed by atoms with E-state index in [2.05, 4.69) is 5.32 Å². The third-order valence-corrected chi connectivity index (χ3v) is 3.23. The van der Waals surface area contributed by atoms with E-state index in [1.54, 1.807) is 0 Å². The Bertz CT molecular complexity index is 344. The monoisotopic (exact) mass is 300 g/mol. The highest BCUT2D eigenvalue weighted by Gasteiger charge is 2.25. The molecule has 122 valence electrons. The molecule has 0 aliphatic carbocycles. The standard InChI is InChI=1S/C15H28N2O4/c1-5-20-11-8-13(18)17-9-6-12(7-10-17)16-14(19)21-15(2,3)4/h12H,5-11H2,1-4H3,(H,16,19). The fourth-order valence-corrected chi connectivity index (χ4v) is 2.21. The summed E-state index contributed by atoms with van der Waals surface area (Å²) in [5.74, 6) is 0.124. The van der Waals surface area contributed by atoms with Gasteiger partial charge in [0, 0.05) is 25.7 Å². The van der Waals surface area contributed by atoms with E-state index in [1.807, 2.05) is 32.6 Å². The van der Waals surface area contributed by atoms with Crippen molar-refractivity contribution in [3.8, 4) is 0 Å². The van der Waals surface area contributed by atoms with E-state index in [0.717, 1.165) is 12.8 Å². The summed E-state index contributed by atoms with van der Waals surface area (Å²) < 4.78 is 10.4. The van der Waals surface area contributed by atoms with Crippen LogP contribution >= 0.6 is 0 Å². The van der Waals surface area contributed by atoms with E-state index in [0.29, 0.717) is 32.7 Å². The molecule has 1 heterocycles. The second-order valence-corrected chi connectivity index (χ2v) is 6.25. The Morgan fingerprint density at radius 1 is 1.24 bits per heavy atom. The molecule has 6 nitrogen and oxygen atoms in total. The van der Waals surface area contributed by atoms with E-state index < -0.39 is 5.60 Å². The summed E-state index contributed by atoms with van der Waals surface area (Å²) in [6.45, 7) is 9.89. The van der Waals surface area contributed by atoms with Crippen molar-refractivity contribution in [2.75, 3.05) is 26.3 Å². The predicted molar refractivity (Wildman–Crippen MR) is 80.1 cm³/mol. The van der Waals surface area contributed by atoms with Crippen LogP contribution in [0.2, 0.25) is 0 Å². The van der Waals surface area contributed by atoms with Crippen molar-refractivity contribution in [2.45, 2.75) is 58.6 Å². The van der Waals surface area contributed by atoms with Gasteiger partial charge in [0.15, 0.2) is 0 Å². The molecule has 0 saturated carbocycles. The molecule has 0 unspecified atom stereocenters. The second-order valence-electron chi connectivity index (χ2n) is 6.25. The first-order chi connectivity index (χ1) is 9.81. The molecule has 1 N–H and O–H groups in total. The van der Waals surface area contributed by atoms with Gasteiger partial charge in [0.1, 0.15) is 5.60 Å². The van der Waals surface area contributed by atoms with Gasteiger partial charge in [-0.1, -0.05) is 0 Å². The molecule has 21 heavy (non-hydrogen) atoms. The summed E-state index contributed by atoms with van der Waals surface area (Å²) in [5, 5.41) is 2.86. The van der Waals surface area contributed by atoms with Gasteiger partial charge in [-0.05, 0) is 40.5 Å². The van der Waals surface area contributed by atoms with Gasteiger partial charge >= 0.3 is 6.09 Å². The smallest absolute Gasteiger partial charge is 0.407 e. The summed E-state index contributed by atoms with van der Waals surface area (Å²) >= 11 is 0. The summed E-state index contributed by atoms with van der Waals surface area (Å²) in [7, 11) is 0. The number of hydrogen-bond donors (Lipinski definition) is 1. The first kappa shape index (κ1) is 17.8. The van der Waals surface area contributed by atoms with E-state index in [1.165, 1.54) is 0 Å². The molecule has 1 aliphatic rings. The molecule has 0 aromatic heterocycles. The van der Waals surface area contributed by atoms with E-state index >= 15 is 0 Å². The molecule has 1 aliphatic heterocycles. The lowest BCUT2D eigenvalue weighted by atomic mass is 10.0. The maximum Gasteiger partial charge on any atom is 0.407 e. The average molecular weight is 300 g/mol. The van der Waals surface area contributed by atoms with Crippen LogP contribution in [0, 0.1) is 0 Å². The first-order valence-electron chi connectivity index (χ1n) is 7.67. The van der Waals surface area contributed by atoms with Gasteiger partial charge in [0.25, 0.3) is 0 Å². The van der Waals surface area contributed by atoms with Crippen molar-refractivity contribution in [1.82, 2.24) is 10.2 Å². The SMILES string of the molecule is CCOCCC(=O)N1CCC(NC(=O)OC(C)(C)C)CC1. The Hall–Kier alpha value is -1.30. The first-order valence-corrected chi connectivity index (χ1v) is 7.67. The number of likely N-dealkylation sites (tertiary alicyclic amines) is 1. The molecule has 1 fully saturated rings. The Kier molecular flexibility index (Phi) is 6.95. The largest absolute Gasteiger partial charge is 0.444 e. The third kappa shape index (κ3) is 7.32. The zero-order valence-electron chi connectivity index (χ0n) is 13.6. The molecule has 6 heteroatoms. The normalized spacial score (nSPS) is 16.7. The minimum absolute atomic E-state index is 0.0794. The van der Waals surface area contributed by atoms with Gasteiger partial charge < -0.3 is 19.7 Å². The molecule has 0 aromatic rings. The fraction of sp³-hybridized carbons (Fsp3) is 0.867. The number of carbonyl (C=O) groups is 2. The number of piperidine rings is 1. The molecule has 0 aromatic carbocycles. The van der Waals surface area contributed by atoms with Crippen LogP contribution in [0.4, 0.5) is 4.79 Å². The number of nitrogens with one attached hydrogen (secondary N) is 1. The quantitative estimate of drug-likeness (QED) is 0.788. The zero-order valence-corrected chi connectivity index (χ0v) is 13.6. The Morgan fingerprint density at radius 3 is 2.38 bits per heavy atom. The molecule has 1 saturated heterocycles. The summed E-state index contributed by atoms with van der Waals surface area (Å²) in [6, 6.07) is 0.0794. The Labute approximate surface area is 127 Å². The number of nitrogens with zero attached hydrogens (tertiary/aromatic N) is 1. The third-order valence-electron chi connectivity index (χ3n) is 3.23. The molecular formula is C15H28N2O4. The lowest BCUT2D eigenvalue weighted by Crippen LogP contribution is -2.47. The van der Waals surface area contributed by atoms with Crippen LogP contribution in [0.3, 0.4) is 0 Å². The van der Waals surface area contributed by atoms with Crippen LogP contribution in [0.25, 0.3) is 0 Å². The van der Waals surface area contributed by atoms with Gasteiger partial charge in [0.2, 0.25) is 5.91 Å². The minimum Gasteiger partial charge on any atom is -0.444 e. The second kappa shape index (κ2) is 8.22. The van der Waals surface area contributed by atoms with Crippen molar-refractivity contribution in [2.24, 2.45) is 0 Å². The molecule has 0 radical (unpaired) electrons.